The molecule has 17 heavy (non-hydrogen) atoms. The summed E-state index contributed by atoms with van der Waals surface area (Å²) in [5.41, 5.74) is 0.994. The molecule has 5 heteroatoms. The molecule has 0 amide bonds. The first-order chi connectivity index (χ1) is 8.00. The zero-order valence-corrected chi connectivity index (χ0v) is 11.6. The second-order valence-electron chi connectivity index (χ2n) is 4.99. The van der Waals surface area contributed by atoms with Gasteiger partial charge in [0.25, 0.3) is 0 Å². The summed E-state index contributed by atoms with van der Waals surface area (Å²) in [6.45, 7) is 11.8. The molecule has 1 aromatic rings. The first kappa shape index (κ1) is 14.1. The van der Waals surface area contributed by atoms with E-state index in [2.05, 4.69) is 48.2 Å². The Balaban J connectivity index is 2.23. The fourth-order valence-electron chi connectivity index (χ4n) is 2.01. The van der Waals surface area contributed by atoms with Crippen LogP contribution in [0.1, 0.15) is 33.4 Å². The van der Waals surface area contributed by atoms with Gasteiger partial charge in [-0.15, -0.1) is 5.10 Å². The molecule has 0 unspecified atom stereocenters. The maximum Gasteiger partial charge on any atom is 0.0964 e. The minimum atomic E-state index is 0.591. The van der Waals surface area contributed by atoms with Crippen molar-refractivity contribution in [3.63, 3.8) is 0 Å². The van der Waals surface area contributed by atoms with Gasteiger partial charge in [0.05, 0.1) is 5.69 Å². The number of aromatic nitrogens is 3. The van der Waals surface area contributed by atoms with E-state index in [4.69, 9.17) is 0 Å². The highest BCUT2D eigenvalue weighted by Gasteiger charge is 2.12. The fourth-order valence-corrected chi connectivity index (χ4v) is 2.01. The van der Waals surface area contributed by atoms with Crippen LogP contribution < -0.4 is 5.32 Å². The molecule has 1 rings (SSSR count). The third-order valence-corrected chi connectivity index (χ3v) is 2.83. The third-order valence-electron chi connectivity index (χ3n) is 2.83. The maximum atomic E-state index is 4.04. The van der Waals surface area contributed by atoms with Crippen molar-refractivity contribution in [1.29, 1.82) is 0 Å². The van der Waals surface area contributed by atoms with Crippen LogP contribution in [0.15, 0.2) is 6.20 Å². The van der Waals surface area contributed by atoms with Gasteiger partial charge in [-0.2, -0.15) is 0 Å². The van der Waals surface area contributed by atoms with Crippen LogP contribution in [0.4, 0.5) is 0 Å². The molecule has 0 aliphatic rings. The predicted octanol–water partition coefficient (Wildman–Crippen LogP) is 1.02. The first-order valence-corrected chi connectivity index (χ1v) is 6.32. The van der Waals surface area contributed by atoms with Gasteiger partial charge in [-0.25, -0.2) is 0 Å². The minimum Gasteiger partial charge on any atom is -0.310 e. The molecule has 0 bridgehead atoms. The summed E-state index contributed by atoms with van der Waals surface area (Å²) in [5, 5.41) is 11.3. The van der Waals surface area contributed by atoms with Gasteiger partial charge in [0, 0.05) is 45.0 Å². The summed E-state index contributed by atoms with van der Waals surface area (Å²) in [5.74, 6) is 0. The molecular formula is C12H25N5. The smallest absolute Gasteiger partial charge is 0.0964 e. The number of hydrogen-bond acceptors (Lipinski definition) is 4. The Kier molecular flexibility index (Phi) is 5.58. The lowest BCUT2D eigenvalue weighted by Gasteiger charge is -2.30. The number of aryl methyl sites for hydroxylation is 1. The molecule has 1 aromatic heterocycles. The molecule has 0 fully saturated rings. The highest BCUT2D eigenvalue weighted by molar-refractivity contribution is 4.90. The Hall–Kier alpha value is -0.940. The van der Waals surface area contributed by atoms with Crippen molar-refractivity contribution in [2.75, 3.05) is 13.1 Å². The number of hydrogen-bond donors (Lipinski definition) is 1. The van der Waals surface area contributed by atoms with Gasteiger partial charge in [-0.3, -0.25) is 9.58 Å². The highest BCUT2D eigenvalue weighted by Crippen LogP contribution is 2.03. The standard InChI is InChI=1S/C12H25N5/c1-10(2)17(11(3)4)7-6-13-8-12-9-16(5)15-14-12/h9-11,13H,6-8H2,1-5H3. The molecular weight excluding hydrogens is 214 g/mol. The van der Waals surface area contributed by atoms with E-state index in [1.165, 1.54) is 0 Å². The molecule has 1 N–H and O–H groups in total. The molecule has 0 radical (unpaired) electrons. The number of nitrogens with one attached hydrogen (secondary N) is 1. The highest BCUT2D eigenvalue weighted by atomic mass is 15.4. The average Bonchev–Trinajstić information content (AvgIpc) is 2.62. The Bertz CT molecular complexity index is 310. The van der Waals surface area contributed by atoms with Crippen molar-refractivity contribution in [1.82, 2.24) is 25.2 Å². The topological polar surface area (TPSA) is 46.0 Å². The van der Waals surface area contributed by atoms with Crippen molar-refractivity contribution in [3.8, 4) is 0 Å². The molecule has 0 aliphatic carbocycles. The van der Waals surface area contributed by atoms with Crippen molar-refractivity contribution in [2.45, 2.75) is 46.3 Å². The van der Waals surface area contributed by atoms with E-state index in [0.29, 0.717) is 12.1 Å². The van der Waals surface area contributed by atoms with Crippen molar-refractivity contribution < 1.29 is 0 Å². The Morgan fingerprint density at radius 1 is 1.29 bits per heavy atom. The molecule has 0 saturated heterocycles. The number of nitrogens with zero attached hydrogens (tertiary/aromatic N) is 4. The van der Waals surface area contributed by atoms with Crippen molar-refractivity contribution in [3.05, 3.63) is 11.9 Å². The third kappa shape index (κ3) is 4.83. The summed E-state index contributed by atoms with van der Waals surface area (Å²) in [7, 11) is 1.88. The van der Waals surface area contributed by atoms with E-state index in [1.54, 1.807) is 4.68 Å². The van der Waals surface area contributed by atoms with Crippen LogP contribution >= 0.6 is 0 Å². The SMILES string of the molecule is CC(C)N(CCNCc1cn(C)nn1)C(C)C. The van der Waals surface area contributed by atoms with Gasteiger partial charge in [-0.1, -0.05) is 5.21 Å². The lowest BCUT2D eigenvalue weighted by atomic mass is 10.2. The summed E-state index contributed by atoms with van der Waals surface area (Å²) in [4.78, 5) is 2.48. The number of rotatable bonds is 7. The summed E-state index contributed by atoms with van der Waals surface area (Å²) in [6, 6.07) is 1.18. The lowest BCUT2D eigenvalue weighted by molar-refractivity contribution is 0.175. The lowest BCUT2D eigenvalue weighted by Crippen LogP contribution is -2.41. The predicted molar refractivity (Wildman–Crippen MR) is 69.7 cm³/mol. The Labute approximate surface area is 104 Å². The summed E-state index contributed by atoms with van der Waals surface area (Å²) >= 11 is 0. The first-order valence-electron chi connectivity index (χ1n) is 6.32. The van der Waals surface area contributed by atoms with Gasteiger partial charge >= 0.3 is 0 Å². The summed E-state index contributed by atoms with van der Waals surface area (Å²) in [6.07, 6.45) is 1.94. The van der Waals surface area contributed by atoms with Crippen LogP contribution in [-0.2, 0) is 13.6 Å². The molecule has 98 valence electrons. The van der Waals surface area contributed by atoms with Crippen LogP contribution in [0, 0.1) is 0 Å². The maximum absolute atomic E-state index is 4.04. The van der Waals surface area contributed by atoms with Gasteiger partial charge in [0.15, 0.2) is 0 Å². The monoisotopic (exact) mass is 239 g/mol. The average molecular weight is 239 g/mol. The van der Waals surface area contributed by atoms with Crippen LogP contribution in [0.5, 0.6) is 0 Å². The van der Waals surface area contributed by atoms with E-state index in [-0.39, 0.29) is 0 Å². The summed E-state index contributed by atoms with van der Waals surface area (Å²) < 4.78 is 1.73. The van der Waals surface area contributed by atoms with Crippen molar-refractivity contribution in [2.24, 2.45) is 7.05 Å². The van der Waals surface area contributed by atoms with E-state index in [9.17, 15) is 0 Å². The quantitative estimate of drug-likeness (QED) is 0.722. The van der Waals surface area contributed by atoms with E-state index < -0.39 is 0 Å². The van der Waals surface area contributed by atoms with Crippen LogP contribution in [0.3, 0.4) is 0 Å². The van der Waals surface area contributed by atoms with Gasteiger partial charge < -0.3 is 5.32 Å². The fraction of sp³-hybridized carbons (Fsp3) is 0.833. The molecule has 0 aromatic carbocycles. The largest absolute Gasteiger partial charge is 0.310 e. The molecule has 5 nitrogen and oxygen atoms in total. The molecule has 0 saturated carbocycles. The van der Waals surface area contributed by atoms with Crippen LogP contribution in [0.25, 0.3) is 0 Å². The van der Waals surface area contributed by atoms with Crippen LogP contribution in [-0.4, -0.2) is 45.1 Å². The van der Waals surface area contributed by atoms with E-state index in [1.807, 2.05) is 13.2 Å². The van der Waals surface area contributed by atoms with E-state index in [0.717, 1.165) is 25.3 Å². The van der Waals surface area contributed by atoms with Crippen LogP contribution in [0.2, 0.25) is 0 Å². The Morgan fingerprint density at radius 3 is 2.41 bits per heavy atom. The van der Waals surface area contributed by atoms with Gasteiger partial charge in [-0.05, 0) is 27.7 Å². The normalized spacial score (nSPS) is 12.0. The Morgan fingerprint density at radius 2 is 1.94 bits per heavy atom. The zero-order chi connectivity index (χ0) is 12.8. The molecule has 0 spiro atoms. The van der Waals surface area contributed by atoms with E-state index >= 15 is 0 Å². The van der Waals surface area contributed by atoms with Gasteiger partial charge in [0.1, 0.15) is 0 Å². The molecule has 0 atom stereocenters. The zero-order valence-electron chi connectivity index (χ0n) is 11.6. The molecule has 1 heterocycles. The second-order valence-corrected chi connectivity index (χ2v) is 4.99. The van der Waals surface area contributed by atoms with Crippen molar-refractivity contribution >= 4 is 0 Å². The second kappa shape index (κ2) is 6.71. The van der Waals surface area contributed by atoms with Gasteiger partial charge in [0.2, 0.25) is 0 Å². The molecule has 0 aliphatic heterocycles. The minimum absolute atomic E-state index is 0.591.